The molecule has 0 heterocycles. The summed E-state index contributed by atoms with van der Waals surface area (Å²) in [5.41, 5.74) is 6.29. The number of benzene rings is 2. The predicted octanol–water partition coefficient (Wildman–Crippen LogP) is 4.11. The lowest BCUT2D eigenvalue weighted by atomic mass is 9.96. The van der Waals surface area contributed by atoms with Gasteiger partial charge in [-0.2, -0.15) is 0 Å². The monoisotopic (exact) mass is 250 g/mol. The van der Waals surface area contributed by atoms with Gasteiger partial charge in [0.1, 0.15) is 5.78 Å². The number of aryl methyl sites for hydroxylation is 2. The van der Waals surface area contributed by atoms with Crippen LogP contribution in [-0.4, -0.2) is 5.78 Å². The van der Waals surface area contributed by atoms with Crippen LogP contribution in [0.1, 0.15) is 29.5 Å². The zero-order valence-electron chi connectivity index (χ0n) is 11.3. The summed E-state index contributed by atoms with van der Waals surface area (Å²) in [5, 5.41) is 0. The lowest BCUT2D eigenvalue weighted by Crippen LogP contribution is -2.00. The number of Topliss-reactive ketones (excluding diaryl/α,β-unsaturated/α-hetero) is 1. The highest BCUT2D eigenvalue weighted by Gasteiger charge is 2.14. The minimum absolute atomic E-state index is 0.375. The molecule has 1 nitrogen and oxygen atoms in total. The number of fused-ring (bicyclic) bond motifs is 1. The second kappa shape index (κ2) is 5.00. The smallest absolute Gasteiger partial charge is 0.137 e. The zero-order chi connectivity index (χ0) is 13.2. The standard InChI is InChI=1S/C18H18O/c1-13-5-7-15(8-6-13)16-10-9-14-3-2-4-18(19)12-17(14)11-16/h5-11H,2-4,12H2,1H3. The van der Waals surface area contributed by atoms with Gasteiger partial charge >= 0.3 is 0 Å². The zero-order valence-corrected chi connectivity index (χ0v) is 11.3. The molecular formula is C18H18O. The predicted molar refractivity (Wildman–Crippen MR) is 78.3 cm³/mol. The van der Waals surface area contributed by atoms with Crippen LogP contribution in [0.3, 0.4) is 0 Å². The maximum Gasteiger partial charge on any atom is 0.137 e. The fourth-order valence-corrected chi connectivity index (χ4v) is 2.74. The Morgan fingerprint density at radius 1 is 0.842 bits per heavy atom. The van der Waals surface area contributed by atoms with E-state index in [2.05, 4.69) is 49.4 Å². The van der Waals surface area contributed by atoms with Gasteiger partial charge in [0.15, 0.2) is 0 Å². The highest BCUT2D eigenvalue weighted by Crippen LogP contribution is 2.26. The molecule has 2 aromatic rings. The molecule has 0 aliphatic heterocycles. The molecule has 0 saturated carbocycles. The summed E-state index contributed by atoms with van der Waals surface area (Å²) < 4.78 is 0. The number of carbonyl (C=O) groups is 1. The van der Waals surface area contributed by atoms with Crippen LogP contribution in [0.4, 0.5) is 0 Å². The molecule has 0 saturated heterocycles. The first-order valence-electron chi connectivity index (χ1n) is 6.93. The van der Waals surface area contributed by atoms with Crippen LogP contribution in [0.2, 0.25) is 0 Å². The molecule has 96 valence electrons. The average molecular weight is 250 g/mol. The summed E-state index contributed by atoms with van der Waals surface area (Å²) in [5.74, 6) is 0.375. The van der Waals surface area contributed by atoms with Crippen molar-refractivity contribution < 1.29 is 4.79 Å². The van der Waals surface area contributed by atoms with Gasteiger partial charge in [0.25, 0.3) is 0 Å². The Kier molecular flexibility index (Phi) is 3.20. The van der Waals surface area contributed by atoms with Crippen molar-refractivity contribution in [3.8, 4) is 11.1 Å². The second-order valence-electron chi connectivity index (χ2n) is 5.42. The van der Waals surface area contributed by atoms with Gasteiger partial charge in [-0.15, -0.1) is 0 Å². The maximum atomic E-state index is 11.7. The Bertz CT molecular complexity index is 608. The molecule has 1 aliphatic rings. The van der Waals surface area contributed by atoms with Gasteiger partial charge in [0.2, 0.25) is 0 Å². The summed E-state index contributed by atoms with van der Waals surface area (Å²) in [6.45, 7) is 2.10. The van der Waals surface area contributed by atoms with Gasteiger partial charge in [0, 0.05) is 12.8 Å². The maximum absolute atomic E-state index is 11.7. The molecule has 0 radical (unpaired) electrons. The number of hydrogen-bond acceptors (Lipinski definition) is 1. The van der Waals surface area contributed by atoms with E-state index in [-0.39, 0.29) is 0 Å². The molecule has 0 fully saturated rings. The highest BCUT2D eigenvalue weighted by atomic mass is 16.1. The Labute approximate surface area is 114 Å². The summed E-state index contributed by atoms with van der Waals surface area (Å²) in [7, 11) is 0. The van der Waals surface area contributed by atoms with Crippen LogP contribution in [0.5, 0.6) is 0 Å². The summed E-state index contributed by atoms with van der Waals surface area (Å²) >= 11 is 0. The summed E-state index contributed by atoms with van der Waals surface area (Å²) in [6, 6.07) is 15.1. The highest BCUT2D eigenvalue weighted by molar-refractivity contribution is 5.82. The Hall–Kier alpha value is -1.89. The van der Waals surface area contributed by atoms with E-state index in [1.54, 1.807) is 0 Å². The van der Waals surface area contributed by atoms with Crippen molar-refractivity contribution in [1.29, 1.82) is 0 Å². The molecule has 0 N–H and O–H groups in total. The van der Waals surface area contributed by atoms with Crippen molar-refractivity contribution in [2.45, 2.75) is 32.6 Å². The Morgan fingerprint density at radius 2 is 1.58 bits per heavy atom. The van der Waals surface area contributed by atoms with Crippen molar-refractivity contribution in [2.24, 2.45) is 0 Å². The van der Waals surface area contributed by atoms with E-state index in [1.165, 1.54) is 27.8 Å². The Morgan fingerprint density at radius 3 is 2.37 bits per heavy atom. The first kappa shape index (κ1) is 12.2. The van der Waals surface area contributed by atoms with E-state index in [9.17, 15) is 4.79 Å². The molecule has 0 unspecified atom stereocenters. The van der Waals surface area contributed by atoms with Crippen LogP contribution in [0, 0.1) is 6.92 Å². The molecule has 1 heteroatoms. The van der Waals surface area contributed by atoms with E-state index in [0.29, 0.717) is 12.2 Å². The van der Waals surface area contributed by atoms with Crippen molar-refractivity contribution in [3.63, 3.8) is 0 Å². The molecule has 0 amide bonds. The van der Waals surface area contributed by atoms with Crippen molar-refractivity contribution in [2.75, 3.05) is 0 Å². The van der Waals surface area contributed by atoms with Crippen molar-refractivity contribution in [1.82, 2.24) is 0 Å². The van der Waals surface area contributed by atoms with E-state index in [4.69, 9.17) is 0 Å². The average Bonchev–Trinajstić information content (AvgIpc) is 2.59. The molecule has 19 heavy (non-hydrogen) atoms. The number of ketones is 1. The number of rotatable bonds is 1. The fourth-order valence-electron chi connectivity index (χ4n) is 2.74. The lowest BCUT2D eigenvalue weighted by Gasteiger charge is -2.09. The quantitative estimate of drug-likeness (QED) is 0.696. The van der Waals surface area contributed by atoms with Gasteiger partial charge in [-0.1, -0.05) is 48.0 Å². The number of carbonyl (C=O) groups excluding carboxylic acids is 1. The SMILES string of the molecule is Cc1ccc(-c2ccc3c(c2)CC(=O)CCC3)cc1. The van der Waals surface area contributed by atoms with Crippen LogP contribution in [-0.2, 0) is 17.6 Å². The van der Waals surface area contributed by atoms with Gasteiger partial charge in [0.05, 0.1) is 0 Å². The van der Waals surface area contributed by atoms with Crippen LogP contribution in [0.15, 0.2) is 42.5 Å². The largest absolute Gasteiger partial charge is 0.299 e. The van der Waals surface area contributed by atoms with Crippen molar-refractivity contribution >= 4 is 5.78 Å². The van der Waals surface area contributed by atoms with Gasteiger partial charge in [-0.3, -0.25) is 4.79 Å². The van der Waals surface area contributed by atoms with Crippen LogP contribution < -0.4 is 0 Å². The first-order chi connectivity index (χ1) is 9.22. The van der Waals surface area contributed by atoms with Crippen LogP contribution >= 0.6 is 0 Å². The molecule has 1 aliphatic carbocycles. The third-order valence-electron chi connectivity index (χ3n) is 3.88. The summed E-state index contributed by atoms with van der Waals surface area (Å²) in [4.78, 5) is 11.7. The van der Waals surface area contributed by atoms with Crippen molar-refractivity contribution in [3.05, 3.63) is 59.2 Å². The second-order valence-corrected chi connectivity index (χ2v) is 5.42. The first-order valence-corrected chi connectivity index (χ1v) is 6.93. The topological polar surface area (TPSA) is 17.1 Å². The minimum atomic E-state index is 0.375. The molecule has 3 rings (SSSR count). The van der Waals surface area contributed by atoms with Gasteiger partial charge < -0.3 is 0 Å². The van der Waals surface area contributed by atoms with E-state index < -0.39 is 0 Å². The summed E-state index contributed by atoms with van der Waals surface area (Å²) in [6.07, 6.45) is 3.37. The molecular weight excluding hydrogens is 232 g/mol. The minimum Gasteiger partial charge on any atom is -0.299 e. The Balaban J connectivity index is 2.00. The third-order valence-corrected chi connectivity index (χ3v) is 3.88. The lowest BCUT2D eigenvalue weighted by molar-refractivity contribution is -0.118. The van der Waals surface area contributed by atoms with E-state index in [1.807, 2.05) is 0 Å². The van der Waals surface area contributed by atoms with Gasteiger partial charge in [-0.05, 0) is 42.0 Å². The molecule has 0 aromatic heterocycles. The van der Waals surface area contributed by atoms with Crippen LogP contribution in [0.25, 0.3) is 11.1 Å². The molecule has 0 bridgehead atoms. The third kappa shape index (κ3) is 2.60. The van der Waals surface area contributed by atoms with E-state index >= 15 is 0 Å². The molecule has 2 aromatic carbocycles. The van der Waals surface area contributed by atoms with E-state index in [0.717, 1.165) is 19.3 Å². The molecule has 0 spiro atoms. The van der Waals surface area contributed by atoms with Gasteiger partial charge in [-0.25, -0.2) is 0 Å². The normalized spacial score (nSPS) is 14.9. The fraction of sp³-hybridized carbons (Fsp3) is 0.278. The number of hydrogen-bond donors (Lipinski definition) is 0. The molecule has 0 atom stereocenters.